The van der Waals surface area contributed by atoms with Gasteiger partial charge in [0, 0.05) is 28.6 Å². The van der Waals surface area contributed by atoms with Crippen LogP contribution in [0.15, 0.2) is 23.1 Å². The topological polar surface area (TPSA) is 37.4 Å². The molecule has 3 nitrogen and oxygen atoms in total. The molecule has 6 heteroatoms. The number of thioether (sulfide) groups is 1. The van der Waals surface area contributed by atoms with Gasteiger partial charge in [0.15, 0.2) is 0 Å². The molecule has 0 saturated carbocycles. The van der Waals surface area contributed by atoms with Crippen LogP contribution in [0.25, 0.3) is 0 Å². The Labute approximate surface area is 117 Å². The minimum absolute atomic E-state index is 0.171. The van der Waals surface area contributed by atoms with Crippen LogP contribution in [-0.2, 0) is 10.0 Å². The van der Waals surface area contributed by atoms with Gasteiger partial charge >= 0.3 is 0 Å². The van der Waals surface area contributed by atoms with E-state index in [-0.39, 0.29) is 6.04 Å². The lowest BCUT2D eigenvalue weighted by molar-refractivity contribution is 0.410. The molecular weight excluding hydrogens is 290 g/mol. The van der Waals surface area contributed by atoms with Gasteiger partial charge in [-0.05, 0) is 31.0 Å². The second-order valence-corrected chi connectivity index (χ2v) is 8.46. The Balaban J connectivity index is 1.97. The average Bonchev–Trinajstić information content (AvgIpc) is 2.94. The molecule has 2 unspecified atom stereocenters. The first-order chi connectivity index (χ1) is 8.48. The first-order valence-corrected chi connectivity index (χ1v) is 8.75. The number of benzene rings is 1. The first-order valence-electron chi connectivity index (χ1n) is 5.88. The van der Waals surface area contributed by atoms with Crippen LogP contribution in [0, 0.1) is 6.92 Å². The molecule has 2 bridgehead atoms. The van der Waals surface area contributed by atoms with Crippen LogP contribution in [-0.4, -0.2) is 36.3 Å². The summed E-state index contributed by atoms with van der Waals surface area (Å²) in [5.41, 5.74) is 0.897. The standard InChI is InChI=1S/C12H14ClNO2S2/c1-8-2-3-11(5-12(8)13)18(15,16)14-6-10-4-9(14)7-17-10/h2-3,5,9-10H,4,6-7H2,1H3. The maximum absolute atomic E-state index is 12.5. The minimum atomic E-state index is -3.37. The molecular formula is C12H14ClNO2S2. The summed E-state index contributed by atoms with van der Waals surface area (Å²) in [6, 6.07) is 5.14. The largest absolute Gasteiger partial charge is 0.243 e. The number of nitrogens with zero attached hydrogens (tertiary/aromatic N) is 1. The number of aryl methyl sites for hydroxylation is 1. The molecule has 0 spiro atoms. The van der Waals surface area contributed by atoms with Crippen molar-refractivity contribution >= 4 is 33.4 Å². The van der Waals surface area contributed by atoms with Gasteiger partial charge in [-0.2, -0.15) is 16.1 Å². The summed E-state index contributed by atoms with van der Waals surface area (Å²) in [7, 11) is -3.37. The predicted octanol–water partition coefficient (Wildman–Crippen LogP) is 2.53. The third-order valence-corrected chi connectivity index (χ3v) is 7.31. The fourth-order valence-corrected chi connectivity index (χ4v) is 6.10. The zero-order chi connectivity index (χ0) is 12.9. The lowest BCUT2D eigenvalue weighted by Gasteiger charge is -2.25. The van der Waals surface area contributed by atoms with E-state index in [1.165, 1.54) is 0 Å². The quantitative estimate of drug-likeness (QED) is 0.842. The summed E-state index contributed by atoms with van der Waals surface area (Å²) in [6.45, 7) is 2.51. The summed E-state index contributed by atoms with van der Waals surface area (Å²) in [4.78, 5) is 0.315. The minimum Gasteiger partial charge on any atom is -0.207 e. The highest BCUT2D eigenvalue weighted by atomic mass is 35.5. The Hall–Kier alpha value is -0.230. The highest BCUT2D eigenvalue weighted by molar-refractivity contribution is 8.00. The molecule has 2 saturated heterocycles. The van der Waals surface area contributed by atoms with Crippen LogP contribution in [0.1, 0.15) is 12.0 Å². The van der Waals surface area contributed by atoms with Crippen molar-refractivity contribution in [3.8, 4) is 0 Å². The van der Waals surface area contributed by atoms with E-state index in [9.17, 15) is 8.42 Å². The highest BCUT2D eigenvalue weighted by Crippen LogP contribution is 2.40. The average molecular weight is 304 g/mol. The van der Waals surface area contributed by atoms with Gasteiger partial charge in [-0.1, -0.05) is 17.7 Å². The fourth-order valence-electron chi connectivity index (χ4n) is 2.53. The summed E-state index contributed by atoms with van der Waals surface area (Å²) >= 11 is 7.90. The first kappa shape index (κ1) is 12.8. The number of hydrogen-bond donors (Lipinski definition) is 0. The molecule has 1 aromatic carbocycles. The molecule has 0 aliphatic carbocycles. The van der Waals surface area contributed by atoms with Gasteiger partial charge < -0.3 is 0 Å². The van der Waals surface area contributed by atoms with Crippen molar-refractivity contribution < 1.29 is 8.42 Å². The van der Waals surface area contributed by atoms with E-state index in [4.69, 9.17) is 11.6 Å². The van der Waals surface area contributed by atoms with Crippen LogP contribution in [0.5, 0.6) is 0 Å². The van der Waals surface area contributed by atoms with E-state index in [0.29, 0.717) is 21.7 Å². The lowest BCUT2D eigenvalue weighted by Crippen LogP contribution is -2.39. The maximum Gasteiger partial charge on any atom is 0.243 e. The molecule has 2 heterocycles. The number of fused-ring (bicyclic) bond motifs is 2. The Morgan fingerprint density at radius 2 is 2.22 bits per heavy atom. The number of sulfonamides is 1. The second-order valence-electron chi connectivity index (χ2n) is 4.83. The third-order valence-electron chi connectivity index (χ3n) is 3.60. The molecule has 2 aliphatic heterocycles. The van der Waals surface area contributed by atoms with E-state index < -0.39 is 10.0 Å². The fraction of sp³-hybridized carbons (Fsp3) is 0.500. The van der Waals surface area contributed by atoms with Crippen molar-refractivity contribution in [3.63, 3.8) is 0 Å². The highest BCUT2D eigenvalue weighted by Gasteiger charge is 2.44. The van der Waals surface area contributed by atoms with Crippen molar-refractivity contribution in [2.24, 2.45) is 0 Å². The van der Waals surface area contributed by atoms with Crippen LogP contribution >= 0.6 is 23.4 Å². The van der Waals surface area contributed by atoms with Crippen molar-refractivity contribution in [2.75, 3.05) is 12.3 Å². The number of rotatable bonds is 2. The van der Waals surface area contributed by atoms with Gasteiger partial charge in [0.1, 0.15) is 0 Å². The molecule has 2 fully saturated rings. The Morgan fingerprint density at radius 1 is 1.44 bits per heavy atom. The Morgan fingerprint density at radius 3 is 2.78 bits per heavy atom. The maximum atomic E-state index is 12.5. The van der Waals surface area contributed by atoms with Gasteiger partial charge in [0.05, 0.1) is 4.90 Å². The SMILES string of the molecule is Cc1ccc(S(=O)(=O)N2CC3CC2CS3)cc1Cl. The molecule has 0 aromatic heterocycles. The normalized spacial score (nSPS) is 27.9. The monoisotopic (exact) mass is 303 g/mol. The van der Waals surface area contributed by atoms with Crippen LogP contribution in [0.2, 0.25) is 5.02 Å². The molecule has 0 amide bonds. The van der Waals surface area contributed by atoms with E-state index in [1.54, 1.807) is 22.5 Å². The van der Waals surface area contributed by atoms with Crippen LogP contribution in [0.3, 0.4) is 0 Å². The molecule has 3 rings (SSSR count). The number of hydrogen-bond acceptors (Lipinski definition) is 3. The van der Waals surface area contributed by atoms with Gasteiger partial charge in [-0.3, -0.25) is 0 Å². The van der Waals surface area contributed by atoms with Gasteiger partial charge in [-0.25, -0.2) is 8.42 Å². The van der Waals surface area contributed by atoms with E-state index in [2.05, 4.69) is 0 Å². The van der Waals surface area contributed by atoms with Crippen molar-refractivity contribution in [1.29, 1.82) is 0 Å². The Kier molecular flexibility index (Phi) is 3.13. The molecule has 2 aliphatic rings. The van der Waals surface area contributed by atoms with E-state index in [1.807, 2.05) is 18.7 Å². The lowest BCUT2D eigenvalue weighted by atomic mass is 10.2. The smallest absolute Gasteiger partial charge is 0.207 e. The van der Waals surface area contributed by atoms with Crippen molar-refractivity contribution in [1.82, 2.24) is 4.31 Å². The predicted molar refractivity (Wildman–Crippen MR) is 74.7 cm³/mol. The summed E-state index contributed by atoms with van der Waals surface area (Å²) < 4.78 is 26.7. The molecule has 98 valence electrons. The summed E-state index contributed by atoms with van der Waals surface area (Å²) in [6.07, 6.45) is 0.990. The van der Waals surface area contributed by atoms with Gasteiger partial charge in [0.2, 0.25) is 10.0 Å². The zero-order valence-electron chi connectivity index (χ0n) is 9.97. The van der Waals surface area contributed by atoms with Crippen LogP contribution in [0.4, 0.5) is 0 Å². The molecule has 0 radical (unpaired) electrons. The second kappa shape index (κ2) is 4.40. The van der Waals surface area contributed by atoms with Gasteiger partial charge in [0.25, 0.3) is 0 Å². The third kappa shape index (κ3) is 1.97. The van der Waals surface area contributed by atoms with Crippen molar-refractivity contribution in [2.45, 2.75) is 29.5 Å². The molecule has 0 N–H and O–H groups in total. The van der Waals surface area contributed by atoms with E-state index in [0.717, 1.165) is 17.7 Å². The Bertz CT molecular complexity index is 588. The summed E-state index contributed by atoms with van der Waals surface area (Å²) in [5.74, 6) is 0.920. The zero-order valence-corrected chi connectivity index (χ0v) is 12.4. The summed E-state index contributed by atoms with van der Waals surface area (Å²) in [5, 5.41) is 0.987. The van der Waals surface area contributed by atoms with Gasteiger partial charge in [-0.15, -0.1) is 0 Å². The molecule has 2 atom stereocenters. The number of halogens is 1. The molecule has 1 aromatic rings. The molecule has 18 heavy (non-hydrogen) atoms. The van der Waals surface area contributed by atoms with E-state index >= 15 is 0 Å². The van der Waals surface area contributed by atoms with Crippen LogP contribution < -0.4 is 0 Å². The van der Waals surface area contributed by atoms with Crippen molar-refractivity contribution in [3.05, 3.63) is 28.8 Å².